The Bertz CT molecular complexity index is 694. The summed E-state index contributed by atoms with van der Waals surface area (Å²) in [5, 5.41) is 6.00. The molecule has 0 aliphatic rings. The fraction of sp³-hybridized carbons (Fsp3) is 0.474. The minimum absolute atomic E-state index is 0.0989. The van der Waals surface area contributed by atoms with E-state index in [0.29, 0.717) is 12.5 Å². The van der Waals surface area contributed by atoms with Crippen molar-refractivity contribution in [2.24, 2.45) is 0 Å². The van der Waals surface area contributed by atoms with E-state index in [1.807, 2.05) is 25.3 Å². The molecule has 1 aromatic carbocycles. The van der Waals surface area contributed by atoms with Gasteiger partial charge in [-0.2, -0.15) is 0 Å². The third-order valence-corrected chi connectivity index (χ3v) is 4.63. The second kappa shape index (κ2) is 8.29. The molecule has 2 rings (SSSR count). The summed E-state index contributed by atoms with van der Waals surface area (Å²) >= 11 is 1.63. The summed E-state index contributed by atoms with van der Waals surface area (Å²) in [7, 11) is 0. The van der Waals surface area contributed by atoms with Crippen LogP contribution in [-0.4, -0.2) is 23.5 Å². The van der Waals surface area contributed by atoms with E-state index in [0.717, 1.165) is 34.0 Å². The number of rotatable bonds is 7. The van der Waals surface area contributed by atoms with Gasteiger partial charge in [-0.05, 0) is 43.9 Å². The van der Waals surface area contributed by atoms with Crippen LogP contribution in [0.2, 0.25) is 0 Å². The highest BCUT2D eigenvalue weighted by Gasteiger charge is 2.17. The number of benzene rings is 1. The van der Waals surface area contributed by atoms with Gasteiger partial charge in [0, 0.05) is 18.3 Å². The van der Waals surface area contributed by atoms with Gasteiger partial charge in [0.05, 0.1) is 10.7 Å². The van der Waals surface area contributed by atoms with E-state index >= 15 is 0 Å². The minimum atomic E-state index is -0.526. The summed E-state index contributed by atoms with van der Waals surface area (Å²) in [4.78, 5) is 16.7. The average molecular weight is 346 g/mol. The summed E-state index contributed by atoms with van der Waals surface area (Å²) in [5.74, 6) is 1.05. The van der Waals surface area contributed by atoms with Crippen molar-refractivity contribution in [3.63, 3.8) is 0 Å². The third-order valence-electron chi connectivity index (χ3n) is 3.81. The maximum Gasteiger partial charge on any atom is 0.260 e. The highest BCUT2D eigenvalue weighted by atomic mass is 32.1. The molecular formula is C19H26N2O2S. The van der Waals surface area contributed by atoms with Gasteiger partial charge in [-0.3, -0.25) is 4.79 Å². The molecular weight excluding hydrogens is 320 g/mol. The summed E-state index contributed by atoms with van der Waals surface area (Å²) in [6, 6.07) is 6.14. The highest BCUT2D eigenvalue weighted by Crippen LogP contribution is 2.28. The fourth-order valence-corrected chi connectivity index (χ4v) is 3.09. The molecule has 1 amide bonds. The zero-order chi connectivity index (χ0) is 17.7. The molecule has 0 saturated heterocycles. The second-order valence-corrected chi connectivity index (χ2v) is 7.42. The molecule has 5 heteroatoms. The molecule has 4 nitrogen and oxygen atoms in total. The van der Waals surface area contributed by atoms with Crippen molar-refractivity contribution in [2.75, 3.05) is 6.54 Å². The maximum absolute atomic E-state index is 12.3. The van der Waals surface area contributed by atoms with Crippen LogP contribution in [0.25, 0.3) is 0 Å². The fourth-order valence-electron chi connectivity index (χ4n) is 2.45. The number of aryl methyl sites for hydroxylation is 2. The molecule has 1 aromatic heterocycles. The van der Waals surface area contributed by atoms with Crippen molar-refractivity contribution in [3.05, 3.63) is 45.4 Å². The van der Waals surface area contributed by atoms with Gasteiger partial charge in [0.25, 0.3) is 5.91 Å². The monoisotopic (exact) mass is 346 g/mol. The molecule has 0 bridgehead atoms. The molecule has 0 spiro atoms. The standard InChI is InChI=1S/C19H26N2O2S/c1-12(2)17-7-6-13(3)10-18(17)23-14(4)19(22)20-9-8-16-11-24-15(5)21-16/h6-7,10-12,14H,8-9H2,1-5H3,(H,20,22). The quantitative estimate of drug-likeness (QED) is 0.824. The molecule has 1 N–H and O–H groups in total. The average Bonchev–Trinajstić information content (AvgIpc) is 2.92. The number of carbonyl (C=O) groups is 1. The van der Waals surface area contributed by atoms with Gasteiger partial charge in [0.2, 0.25) is 0 Å². The molecule has 130 valence electrons. The van der Waals surface area contributed by atoms with E-state index in [1.165, 1.54) is 0 Å². The van der Waals surface area contributed by atoms with Crippen molar-refractivity contribution >= 4 is 17.2 Å². The smallest absolute Gasteiger partial charge is 0.260 e. The van der Waals surface area contributed by atoms with Crippen molar-refractivity contribution in [3.8, 4) is 5.75 Å². The third kappa shape index (κ3) is 5.06. The number of carbonyl (C=O) groups excluding carboxylic acids is 1. The number of nitrogens with zero attached hydrogens (tertiary/aromatic N) is 1. The van der Waals surface area contributed by atoms with Gasteiger partial charge in [-0.1, -0.05) is 26.0 Å². The number of amides is 1. The molecule has 1 atom stereocenters. The summed E-state index contributed by atoms with van der Waals surface area (Å²) in [6.07, 6.45) is 0.214. The van der Waals surface area contributed by atoms with E-state index in [2.05, 4.69) is 36.3 Å². The lowest BCUT2D eigenvalue weighted by Gasteiger charge is -2.19. The van der Waals surface area contributed by atoms with Crippen LogP contribution >= 0.6 is 11.3 Å². The van der Waals surface area contributed by atoms with Crippen molar-refractivity contribution in [1.82, 2.24) is 10.3 Å². The first-order valence-corrected chi connectivity index (χ1v) is 9.20. The van der Waals surface area contributed by atoms with Gasteiger partial charge < -0.3 is 10.1 Å². The summed E-state index contributed by atoms with van der Waals surface area (Å²) in [5.41, 5.74) is 3.27. The number of hydrogen-bond donors (Lipinski definition) is 1. The summed E-state index contributed by atoms with van der Waals surface area (Å²) < 4.78 is 5.93. The van der Waals surface area contributed by atoms with Gasteiger partial charge in [0.1, 0.15) is 5.75 Å². The van der Waals surface area contributed by atoms with Crippen LogP contribution in [0, 0.1) is 13.8 Å². The van der Waals surface area contributed by atoms with E-state index < -0.39 is 6.10 Å². The second-order valence-electron chi connectivity index (χ2n) is 6.35. The van der Waals surface area contributed by atoms with E-state index in [9.17, 15) is 4.79 Å². The molecule has 24 heavy (non-hydrogen) atoms. The zero-order valence-corrected chi connectivity index (χ0v) is 15.9. The lowest BCUT2D eigenvalue weighted by atomic mass is 10.0. The van der Waals surface area contributed by atoms with Crippen LogP contribution in [0.3, 0.4) is 0 Å². The molecule has 0 aliphatic heterocycles. The minimum Gasteiger partial charge on any atom is -0.481 e. The van der Waals surface area contributed by atoms with Crippen LogP contribution in [0.4, 0.5) is 0 Å². The molecule has 0 fully saturated rings. The Hall–Kier alpha value is -1.88. The first kappa shape index (κ1) is 18.5. The van der Waals surface area contributed by atoms with Gasteiger partial charge in [-0.25, -0.2) is 4.98 Å². The van der Waals surface area contributed by atoms with Crippen LogP contribution in [0.15, 0.2) is 23.6 Å². The van der Waals surface area contributed by atoms with Crippen molar-refractivity contribution in [2.45, 2.75) is 53.1 Å². The van der Waals surface area contributed by atoms with Gasteiger partial charge in [-0.15, -0.1) is 11.3 Å². The number of thiazole rings is 1. The first-order valence-electron chi connectivity index (χ1n) is 8.32. The Labute approximate surface area is 148 Å². The van der Waals surface area contributed by atoms with Crippen LogP contribution in [0.5, 0.6) is 5.75 Å². The van der Waals surface area contributed by atoms with E-state index in [-0.39, 0.29) is 5.91 Å². The number of hydrogen-bond acceptors (Lipinski definition) is 4. The Morgan fingerprint density at radius 3 is 2.67 bits per heavy atom. The maximum atomic E-state index is 12.3. The van der Waals surface area contributed by atoms with Crippen molar-refractivity contribution in [1.29, 1.82) is 0 Å². The topological polar surface area (TPSA) is 51.2 Å². The lowest BCUT2D eigenvalue weighted by molar-refractivity contribution is -0.127. The number of ether oxygens (including phenoxy) is 1. The molecule has 0 radical (unpaired) electrons. The predicted molar refractivity (Wildman–Crippen MR) is 98.9 cm³/mol. The SMILES string of the molecule is Cc1ccc(C(C)C)c(OC(C)C(=O)NCCc2csc(C)n2)c1. The van der Waals surface area contributed by atoms with Crippen LogP contribution in [-0.2, 0) is 11.2 Å². The Morgan fingerprint density at radius 2 is 2.04 bits per heavy atom. The number of aromatic nitrogens is 1. The van der Waals surface area contributed by atoms with E-state index in [4.69, 9.17) is 4.74 Å². The first-order chi connectivity index (χ1) is 11.4. The lowest BCUT2D eigenvalue weighted by Crippen LogP contribution is -2.37. The Balaban J connectivity index is 1.90. The molecule has 1 unspecified atom stereocenters. The van der Waals surface area contributed by atoms with Gasteiger partial charge in [0.15, 0.2) is 6.10 Å². The largest absolute Gasteiger partial charge is 0.481 e. The predicted octanol–water partition coefficient (Wildman–Crippen LogP) is 4.01. The van der Waals surface area contributed by atoms with Crippen LogP contribution < -0.4 is 10.1 Å². The molecule has 1 heterocycles. The van der Waals surface area contributed by atoms with Crippen LogP contribution in [0.1, 0.15) is 48.5 Å². The van der Waals surface area contributed by atoms with Crippen molar-refractivity contribution < 1.29 is 9.53 Å². The zero-order valence-electron chi connectivity index (χ0n) is 15.1. The number of nitrogens with one attached hydrogen (secondary N) is 1. The molecule has 2 aromatic rings. The van der Waals surface area contributed by atoms with Gasteiger partial charge >= 0.3 is 0 Å². The Morgan fingerprint density at radius 1 is 1.29 bits per heavy atom. The molecule has 0 saturated carbocycles. The summed E-state index contributed by atoms with van der Waals surface area (Å²) in [6.45, 7) is 10.6. The van der Waals surface area contributed by atoms with E-state index in [1.54, 1.807) is 18.3 Å². The normalized spacial score (nSPS) is 12.2. The highest BCUT2D eigenvalue weighted by molar-refractivity contribution is 7.09. The molecule has 0 aliphatic carbocycles. The Kier molecular flexibility index (Phi) is 6.37.